The smallest absolute Gasteiger partial charge is 0.293 e. The number of hydrogen-bond acceptors (Lipinski definition) is 6. The number of hydrogen-bond donors (Lipinski definition) is 1. The van der Waals surface area contributed by atoms with Crippen LogP contribution in [0.5, 0.6) is 0 Å². The Balaban J connectivity index is 1.95. The minimum absolute atomic E-state index is 0.127. The normalized spacial score (nSPS) is 38.4. The van der Waals surface area contributed by atoms with Crippen molar-refractivity contribution in [2.24, 2.45) is 21.6 Å². The van der Waals surface area contributed by atoms with Crippen molar-refractivity contribution in [1.82, 2.24) is 0 Å². The van der Waals surface area contributed by atoms with Crippen molar-refractivity contribution in [3.63, 3.8) is 0 Å². The van der Waals surface area contributed by atoms with Crippen LogP contribution in [-0.2, 0) is 9.47 Å². The summed E-state index contributed by atoms with van der Waals surface area (Å²) in [5, 5.41) is 19.6. The predicted octanol–water partition coefficient (Wildman–Crippen LogP) is 0.875. The summed E-state index contributed by atoms with van der Waals surface area (Å²) in [4.78, 5) is 4.22. The van der Waals surface area contributed by atoms with Gasteiger partial charge in [-0.15, -0.1) is 0 Å². The van der Waals surface area contributed by atoms with Crippen LogP contribution in [0.25, 0.3) is 0 Å². The van der Waals surface area contributed by atoms with Gasteiger partial charge in [-0.2, -0.15) is 10.5 Å². The van der Waals surface area contributed by atoms with Crippen LogP contribution in [0, 0.1) is 33.5 Å². The van der Waals surface area contributed by atoms with E-state index in [1.807, 2.05) is 30.3 Å². The number of ether oxygens (including phenoxy) is 2. The molecule has 3 atom stereocenters. The van der Waals surface area contributed by atoms with Gasteiger partial charge in [0.2, 0.25) is 0 Å². The summed E-state index contributed by atoms with van der Waals surface area (Å²) >= 11 is 0. The fourth-order valence-electron chi connectivity index (χ4n) is 3.86. The molecule has 0 bridgehead atoms. The zero-order valence-corrected chi connectivity index (χ0v) is 11.1. The summed E-state index contributed by atoms with van der Waals surface area (Å²) in [5.74, 6) is -1.71. The van der Waals surface area contributed by atoms with E-state index in [0.29, 0.717) is 13.2 Å². The fourth-order valence-corrected chi connectivity index (χ4v) is 3.86. The van der Waals surface area contributed by atoms with Crippen LogP contribution in [0.2, 0.25) is 0 Å². The lowest BCUT2D eigenvalue weighted by molar-refractivity contribution is -0.184. The summed E-state index contributed by atoms with van der Waals surface area (Å²) in [6, 6.07) is 13.9. The van der Waals surface area contributed by atoms with Crippen molar-refractivity contribution in [3.8, 4) is 12.1 Å². The Morgan fingerprint density at radius 2 is 1.81 bits per heavy atom. The van der Waals surface area contributed by atoms with Crippen molar-refractivity contribution in [1.29, 1.82) is 10.5 Å². The second kappa shape index (κ2) is 3.62. The molecule has 1 saturated carbocycles. The number of nitrogens with zero attached hydrogens (tertiary/aromatic N) is 3. The maximum absolute atomic E-state index is 9.85. The number of rotatable bonds is 1. The van der Waals surface area contributed by atoms with Gasteiger partial charge in [0.05, 0.1) is 25.4 Å². The van der Waals surface area contributed by atoms with Gasteiger partial charge in [-0.05, 0) is 5.56 Å². The third-order valence-corrected chi connectivity index (χ3v) is 4.74. The Bertz CT molecular complexity index is 726. The minimum Gasteiger partial charge on any atom is -0.386 e. The van der Waals surface area contributed by atoms with Crippen LogP contribution in [-0.4, -0.2) is 25.0 Å². The van der Waals surface area contributed by atoms with Gasteiger partial charge in [0.25, 0.3) is 5.91 Å². The molecular weight excluding hydrogens is 268 g/mol. The van der Waals surface area contributed by atoms with E-state index >= 15 is 0 Å². The SMILES string of the molecule is N#C[C@@]12[C@H](c3ccccc3)[C@@]1(C#N)C(N)=NC21OCCO1. The van der Waals surface area contributed by atoms with Crippen LogP contribution in [0.3, 0.4) is 0 Å². The maximum atomic E-state index is 9.85. The summed E-state index contributed by atoms with van der Waals surface area (Å²) in [5.41, 5.74) is 4.51. The minimum atomic E-state index is -1.44. The number of nitrogens with two attached hydrogens (primary N) is 1. The lowest BCUT2D eigenvalue weighted by Gasteiger charge is -2.25. The van der Waals surface area contributed by atoms with Crippen molar-refractivity contribution < 1.29 is 9.47 Å². The van der Waals surface area contributed by atoms with Gasteiger partial charge in [-0.25, -0.2) is 4.99 Å². The first-order valence-electron chi connectivity index (χ1n) is 6.70. The van der Waals surface area contributed by atoms with Crippen molar-refractivity contribution in [2.45, 2.75) is 11.8 Å². The van der Waals surface area contributed by atoms with E-state index in [-0.39, 0.29) is 5.84 Å². The molecule has 1 spiro atoms. The lowest BCUT2D eigenvalue weighted by atomic mass is 9.94. The van der Waals surface area contributed by atoms with Gasteiger partial charge in [0, 0.05) is 5.92 Å². The Labute approximate surface area is 121 Å². The Morgan fingerprint density at radius 3 is 2.38 bits per heavy atom. The molecule has 1 saturated heterocycles. The number of benzene rings is 1. The quantitative estimate of drug-likeness (QED) is 0.822. The molecule has 104 valence electrons. The number of nitriles is 2. The zero-order valence-electron chi connectivity index (χ0n) is 11.1. The molecule has 21 heavy (non-hydrogen) atoms. The van der Waals surface area contributed by atoms with Gasteiger partial charge in [0.15, 0.2) is 5.41 Å². The molecule has 3 aliphatic rings. The molecule has 1 aromatic carbocycles. The molecule has 6 heteroatoms. The van der Waals surface area contributed by atoms with Crippen LogP contribution in [0.15, 0.2) is 35.3 Å². The summed E-state index contributed by atoms with van der Waals surface area (Å²) in [6.45, 7) is 0.673. The Hall–Kier alpha value is -2.41. The van der Waals surface area contributed by atoms with Crippen molar-refractivity contribution in [2.75, 3.05) is 13.2 Å². The van der Waals surface area contributed by atoms with E-state index in [2.05, 4.69) is 17.1 Å². The van der Waals surface area contributed by atoms with E-state index < -0.39 is 22.7 Å². The van der Waals surface area contributed by atoms with Crippen LogP contribution in [0.4, 0.5) is 0 Å². The molecule has 2 N–H and O–H groups in total. The molecule has 2 fully saturated rings. The van der Waals surface area contributed by atoms with Crippen molar-refractivity contribution >= 4 is 5.84 Å². The molecule has 2 aliphatic heterocycles. The van der Waals surface area contributed by atoms with Gasteiger partial charge < -0.3 is 15.2 Å². The summed E-state index contributed by atoms with van der Waals surface area (Å²) < 4.78 is 11.3. The second-order valence-electron chi connectivity index (χ2n) is 5.46. The van der Waals surface area contributed by atoms with Crippen LogP contribution >= 0.6 is 0 Å². The Kier molecular flexibility index (Phi) is 2.12. The van der Waals surface area contributed by atoms with Gasteiger partial charge in [-0.3, -0.25) is 0 Å². The Morgan fingerprint density at radius 1 is 1.14 bits per heavy atom. The zero-order chi connectivity index (χ0) is 14.7. The largest absolute Gasteiger partial charge is 0.386 e. The predicted molar refractivity (Wildman–Crippen MR) is 71.5 cm³/mol. The number of aliphatic imine (C=N–C) groups is 1. The van der Waals surface area contributed by atoms with Crippen LogP contribution < -0.4 is 5.73 Å². The van der Waals surface area contributed by atoms with Gasteiger partial charge in [-0.1, -0.05) is 30.3 Å². The number of fused-ring (bicyclic) bond motifs is 2. The van der Waals surface area contributed by atoms with E-state index in [4.69, 9.17) is 15.2 Å². The third kappa shape index (κ3) is 1.06. The van der Waals surface area contributed by atoms with Crippen LogP contribution in [0.1, 0.15) is 11.5 Å². The molecule has 1 aromatic rings. The van der Waals surface area contributed by atoms with Gasteiger partial charge >= 0.3 is 0 Å². The average Bonchev–Trinajstić information content (AvgIpc) is 2.78. The lowest BCUT2D eigenvalue weighted by Crippen LogP contribution is -2.38. The highest BCUT2D eigenvalue weighted by Gasteiger charge is 2.94. The average molecular weight is 280 g/mol. The first kappa shape index (κ1) is 12.3. The van der Waals surface area contributed by atoms with Crippen molar-refractivity contribution in [3.05, 3.63) is 35.9 Å². The highest BCUT2D eigenvalue weighted by atomic mass is 16.8. The third-order valence-electron chi connectivity index (χ3n) is 4.74. The summed E-state index contributed by atoms with van der Waals surface area (Å²) in [7, 11) is 0. The fraction of sp³-hybridized carbons (Fsp3) is 0.400. The molecule has 0 amide bonds. The first-order chi connectivity index (χ1) is 10.2. The number of amidine groups is 1. The highest BCUT2D eigenvalue weighted by Crippen LogP contribution is 2.82. The second-order valence-corrected chi connectivity index (χ2v) is 5.46. The standard InChI is InChI=1S/C15H12N4O2/c16-8-13-11(10-4-2-1-3-5-10)14(13,9-17)15(19-12(13)18)20-6-7-21-15/h1-5,11H,6-7H2,(H2,18,19)/t11-,13+,14-/m1/s1. The molecule has 1 aliphatic carbocycles. The molecular formula is C15H12N4O2. The van der Waals surface area contributed by atoms with E-state index in [1.54, 1.807) is 0 Å². The maximum Gasteiger partial charge on any atom is 0.293 e. The molecule has 4 rings (SSSR count). The van der Waals surface area contributed by atoms with E-state index in [9.17, 15) is 10.5 Å². The van der Waals surface area contributed by atoms with E-state index in [1.165, 1.54) is 0 Å². The molecule has 0 radical (unpaired) electrons. The molecule has 0 aromatic heterocycles. The molecule has 6 nitrogen and oxygen atoms in total. The monoisotopic (exact) mass is 280 g/mol. The van der Waals surface area contributed by atoms with E-state index in [0.717, 1.165) is 5.56 Å². The summed E-state index contributed by atoms with van der Waals surface area (Å²) in [6.07, 6.45) is 0. The topological polar surface area (TPSA) is 104 Å². The first-order valence-corrected chi connectivity index (χ1v) is 6.70. The molecule has 2 heterocycles. The van der Waals surface area contributed by atoms with Gasteiger partial charge in [0.1, 0.15) is 11.3 Å². The highest BCUT2D eigenvalue weighted by molar-refractivity contribution is 6.00. The molecule has 0 unspecified atom stereocenters.